The number of aromatic nitrogens is 2. The van der Waals surface area contributed by atoms with Gasteiger partial charge in [-0.15, -0.1) is 5.23 Å². The second-order valence-electron chi connectivity index (χ2n) is 7.51. The summed E-state index contributed by atoms with van der Waals surface area (Å²) < 4.78 is 13.6. The first kappa shape index (κ1) is 22.4. The highest BCUT2D eigenvalue weighted by molar-refractivity contribution is 6.01. The summed E-state index contributed by atoms with van der Waals surface area (Å²) in [4.78, 5) is 34.3. The zero-order valence-electron chi connectivity index (χ0n) is 18.4. The number of carbonyl (C=O) groups is 1. The number of hydrogen-bond acceptors (Lipinski definition) is 8. The molecule has 1 N–H and O–H groups in total. The van der Waals surface area contributed by atoms with Crippen molar-refractivity contribution in [1.82, 2.24) is 15.2 Å². The average molecular weight is 450 g/mol. The van der Waals surface area contributed by atoms with Crippen LogP contribution in [0, 0.1) is 5.82 Å². The van der Waals surface area contributed by atoms with Crippen LogP contribution in [0.25, 0.3) is 11.3 Å². The van der Waals surface area contributed by atoms with Crippen LogP contribution in [0.1, 0.15) is 25.1 Å². The van der Waals surface area contributed by atoms with Gasteiger partial charge in [-0.1, -0.05) is 24.3 Å². The number of aromatic hydroxyl groups is 1. The normalized spacial score (nSPS) is 18.0. The van der Waals surface area contributed by atoms with E-state index >= 15 is 0 Å². The smallest absolute Gasteiger partial charge is 0.230 e. The van der Waals surface area contributed by atoms with Gasteiger partial charge in [-0.2, -0.15) is 0 Å². The van der Waals surface area contributed by atoms with E-state index in [-0.39, 0.29) is 12.4 Å². The van der Waals surface area contributed by atoms with Gasteiger partial charge in [0.1, 0.15) is 17.3 Å². The number of rotatable bonds is 7. The lowest BCUT2D eigenvalue weighted by atomic mass is 9.89. The third kappa shape index (κ3) is 4.15. The zero-order valence-corrected chi connectivity index (χ0v) is 18.4. The molecule has 0 saturated carbocycles. The van der Waals surface area contributed by atoms with Gasteiger partial charge in [-0.25, -0.2) is 24.0 Å². The van der Waals surface area contributed by atoms with Gasteiger partial charge in [0.25, 0.3) is 0 Å². The SMILES string of the molecule is CCON1OC(C)(C=O)C(c2ccc(F)cc2)=C1c1ccnc(N(C)c2ccccc2O)n1. The van der Waals surface area contributed by atoms with Crippen LogP contribution in [0.5, 0.6) is 5.75 Å². The molecule has 1 aliphatic heterocycles. The van der Waals surface area contributed by atoms with Crippen molar-refractivity contribution in [2.24, 2.45) is 0 Å². The molecule has 1 aromatic heterocycles. The standard InChI is InChI=1S/C24H23FN4O4/c1-4-32-29-22(21(24(2,15-30)33-29)16-9-11-17(25)12-10-16)18-13-14-26-23(27-18)28(3)19-7-5-6-8-20(19)31/h5-15,31H,4H2,1-3H3. The number of hydroxylamine groups is 2. The summed E-state index contributed by atoms with van der Waals surface area (Å²) in [7, 11) is 1.73. The largest absolute Gasteiger partial charge is 0.506 e. The number of anilines is 2. The lowest BCUT2D eigenvalue weighted by Gasteiger charge is -2.23. The van der Waals surface area contributed by atoms with Gasteiger partial charge in [0.15, 0.2) is 11.9 Å². The van der Waals surface area contributed by atoms with Crippen LogP contribution in [0.3, 0.4) is 0 Å². The van der Waals surface area contributed by atoms with E-state index in [9.17, 15) is 14.3 Å². The van der Waals surface area contributed by atoms with Crippen LogP contribution in [-0.2, 0) is 14.5 Å². The minimum atomic E-state index is -1.39. The number of nitrogens with zero attached hydrogens (tertiary/aromatic N) is 4. The molecule has 1 atom stereocenters. The number of para-hydroxylation sites is 2. The van der Waals surface area contributed by atoms with E-state index in [1.54, 1.807) is 74.5 Å². The maximum Gasteiger partial charge on any atom is 0.230 e. The first-order valence-electron chi connectivity index (χ1n) is 10.3. The van der Waals surface area contributed by atoms with Crippen LogP contribution >= 0.6 is 0 Å². The van der Waals surface area contributed by atoms with Crippen LogP contribution in [0.2, 0.25) is 0 Å². The number of aldehydes is 1. The Morgan fingerprint density at radius 2 is 1.94 bits per heavy atom. The van der Waals surface area contributed by atoms with Gasteiger partial charge < -0.3 is 10.0 Å². The second-order valence-corrected chi connectivity index (χ2v) is 7.51. The van der Waals surface area contributed by atoms with Crippen molar-refractivity contribution in [3.05, 3.63) is 77.9 Å². The molecule has 0 radical (unpaired) electrons. The summed E-state index contributed by atoms with van der Waals surface area (Å²) in [5.41, 5.74) is 0.993. The summed E-state index contributed by atoms with van der Waals surface area (Å²) in [6.45, 7) is 3.66. The molecule has 0 amide bonds. The van der Waals surface area contributed by atoms with Gasteiger partial charge in [0.05, 0.1) is 18.0 Å². The number of carbonyl (C=O) groups excluding carboxylic acids is 1. The van der Waals surface area contributed by atoms with Crippen LogP contribution in [-0.4, -0.2) is 45.8 Å². The van der Waals surface area contributed by atoms with Crippen LogP contribution in [0.4, 0.5) is 16.0 Å². The maximum absolute atomic E-state index is 13.6. The molecule has 2 aromatic carbocycles. The lowest BCUT2D eigenvalue weighted by Crippen LogP contribution is -2.32. The van der Waals surface area contributed by atoms with Crippen molar-refractivity contribution in [2.75, 3.05) is 18.6 Å². The number of hydrogen-bond donors (Lipinski definition) is 1. The molecule has 8 nitrogen and oxygen atoms in total. The Morgan fingerprint density at radius 3 is 2.61 bits per heavy atom. The Bertz CT molecular complexity index is 1200. The average Bonchev–Trinajstić information content (AvgIpc) is 3.12. The van der Waals surface area contributed by atoms with Crippen LogP contribution < -0.4 is 4.90 Å². The summed E-state index contributed by atoms with van der Waals surface area (Å²) in [6, 6.07) is 14.3. The molecule has 0 aliphatic carbocycles. The summed E-state index contributed by atoms with van der Waals surface area (Å²) in [6.07, 6.45) is 2.23. The van der Waals surface area contributed by atoms with E-state index in [2.05, 4.69) is 9.97 Å². The Balaban J connectivity index is 1.89. The van der Waals surface area contributed by atoms with Crippen molar-refractivity contribution in [3.63, 3.8) is 0 Å². The first-order chi connectivity index (χ1) is 15.9. The van der Waals surface area contributed by atoms with Gasteiger partial charge in [0.2, 0.25) is 5.95 Å². The van der Waals surface area contributed by atoms with E-state index in [1.165, 1.54) is 17.4 Å². The number of phenols is 1. The van der Waals surface area contributed by atoms with Crippen molar-refractivity contribution >= 4 is 29.2 Å². The van der Waals surface area contributed by atoms with Crippen LogP contribution in [0.15, 0.2) is 60.8 Å². The minimum absolute atomic E-state index is 0.0777. The summed E-state index contributed by atoms with van der Waals surface area (Å²) in [5, 5.41) is 11.4. The Labute approximate surface area is 190 Å². The molecular formula is C24H23FN4O4. The topological polar surface area (TPSA) is 88.0 Å². The minimum Gasteiger partial charge on any atom is -0.506 e. The lowest BCUT2D eigenvalue weighted by molar-refractivity contribution is -0.336. The molecule has 0 saturated heterocycles. The summed E-state index contributed by atoms with van der Waals surface area (Å²) >= 11 is 0. The van der Waals surface area contributed by atoms with E-state index in [1.807, 2.05) is 0 Å². The molecule has 0 spiro atoms. The quantitative estimate of drug-likeness (QED) is 0.538. The highest BCUT2D eigenvalue weighted by atomic mass is 19.1. The predicted molar refractivity (Wildman–Crippen MR) is 120 cm³/mol. The van der Waals surface area contributed by atoms with E-state index in [0.717, 1.165) is 0 Å². The van der Waals surface area contributed by atoms with Gasteiger partial charge in [-0.05, 0) is 49.7 Å². The molecule has 33 heavy (non-hydrogen) atoms. The fourth-order valence-electron chi connectivity index (χ4n) is 3.64. The molecular weight excluding hydrogens is 427 g/mol. The Morgan fingerprint density at radius 1 is 1.21 bits per heavy atom. The van der Waals surface area contributed by atoms with E-state index < -0.39 is 11.4 Å². The molecule has 3 aromatic rings. The summed E-state index contributed by atoms with van der Waals surface area (Å²) in [5.74, 6) is -0.0205. The molecule has 2 heterocycles. The molecule has 1 aliphatic rings. The molecule has 0 bridgehead atoms. The van der Waals surface area contributed by atoms with E-state index in [4.69, 9.17) is 9.68 Å². The molecule has 0 fully saturated rings. The first-order valence-corrected chi connectivity index (χ1v) is 10.3. The van der Waals surface area contributed by atoms with Crippen molar-refractivity contribution in [1.29, 1.82) is 0 Å². The number of phenolic OH excluding ortho intramolecular Hbond substituents is 1. The third-order valence-electron chi connectivity index (χ3n) is 5.22. The highest BCUT2D eigenvalue weighted by Crippen LogP contribution is 2.45. The van der Waals surface area contributed by atoms with Gasteiger partial charge in [-0.3, -0.25) is 4.79 Å². The zero-order chi connectivity index (χ0) is 23.6. The van der Waals surface area contributed by atoms with Crippen molar-refractivity contribution in [3.8, 4) is 5.75 Å². The molecule has 9 heteroatoms. The molecule has 4 rings (SSSR count). The van der Waals surface area contributed by atoms with E-state index in [0.29, 0.717) is 40.4 Å². The Hall–Kier alpha value is -3.82. The van der Waals surface area contributed by atoms with Gasteiger partial charge >= 0.3 is 0 Å². The maximum atomic E-state index is 13.6. The molecule has 1 unspecified atom stereocenters. The highest BCUT2D eigenvalue weighted by Gasteiger charge is 2.46. The van der Waals surface area contributed by atoms with Gasteiger partial charge in [0, 0.05) is 18.8 Å². The predicted octanol–water partition coefficient (Wildman–Crippen LogP) is 4.11. The molecule has 170 valence electrons. The third-order valence-corrected chi connectivity index (χ3v) is 5.22. The number of benzene rings is 2. The monoisotopic (exact) mass is 450 g/mol. The fraction of sp³-hybridized carbons (Fsp3) is 0.208. The second kappa shape index (κ2) is 8.97. The van der Waals surface area contributed by atoms with Crippen molar-refractivity contribution in [2.45, 2.75) is 19.4 Å². The number of halogens is 1. The Kier molecular flexibility index (Phi) is 6.08. The fourth-order valence-corrected chi connectivity index (χ4v) is 3.64. The van der Waals surface area contributed by atoms with Crippen molar-refractivity contribution < 1.29 is 24.0 Å².